The summed E-state index contributed by atoms with van der Waals surface area (Å²) in [5, 5.41) is 29.2. The summed E-state index contributed by atoms with van der Waals surface area (Å²) < 4.78 is 13.8. The van der Waals surface area contributed by atoms with Crippen LogP contribution in [0.25, 0.3) is 76.5 Å². The lowest BCUT2D eigenvalue weighted by Crippen LogP contribution is -2.29. The second kappa shape index (κ2) is 17.2. The van der Waals surface area contributed by atoms with E-state index in [0.29, 0.717) is 11.1 Å². The number of furan rings is 2. The van der Waals surface area contributed by atoms with Crippen molar-refractivity contribution < 1.29 is 8.83 Å². The zero-order chi connectivity index (χ0) is 51.2. The van der Waals surface area contributed by atoms with Crippen LogP contribution in [-0.2, 0) is 5.41 Å². The van der Waals surface area contributed by atoms with Crippen molar-refractivity contribution in [2.45, 2.75) is 5.41 Å². The zero-order valence-electron chi connectivity index (χ0n) is 41.4. The van der Waals surface area contributed by atoms with Crippen molar-refractivity contribution in [1.82, 2.24) is 0 Å². The van der Waals surface area contributed by atoms with Gasteiger partial charge in [-0.25, -0.2) is 0 Å². The number of para-hydroxylation sites is 4. The highest BCUT2D eigenvalue weighted by molar-refractivity contribution is 6.20. The number of rotatable bonds is 8. The summed E-state index contributed by atoms with van der Waals surface area (Å²) >= 11 is 0. The molecule has 6 nitrogen and oxygen atoms in total. The molecule has 0 spiro atoms. The van der Waals surface area contributed by atoms with Crippen LogP contribution in [0.5, 0.6) is 0 Å². The number of hydrogen-bond acceptors (Lipinski definition) is 6. The molecule has 6 heteroatoms. The van der Waals surface area contributed by atoms with Gasteiger partial charge in [0, 0.05) is 43.7 Å². The van der Waals surface area contributed by atoms with E-state index in [0.717, 1.165) is 133 Å². The first-order valence-electron chi connectivity index (χ1n) is 25.8. The Balaban J connectivity index is 1.11. The molecule has 14 aromatic rings. The van der Waals surface area contributed by atoms with E-state index in [9.17, 15) is 10.5 Å². The maximum Gasteiger partial charge on any atom is 0.159 e. The average molecular weight is 983 g/mol. The Hall–Kier alpha value is -10.7. The van der Waals surface area contributed by atoms with Gasteiger partial charge in [0.2, 0.25) is 0 Å². The molecule has 0 bridgehead atoms. The van der Waals surface area contributed by atoms with E-state index in [4.69, 9.17) is 8.83 Å². The van der Waals surface area contributed by atoms with Crippen LogP contribution in [0.3, 0.4) is 0 Å². The Bertz CT molecular complexity index is 4500. The van der Waals surface area contributed by atoms with Gasteiger partial charge in [-0.3, -0.25) is 0 Å². The Kier molecular flexibility index (Phi) is 9.81. The maximum absolute atomic E-state index is 10.5. The maximum atomic E-state index is 10.5. The molecule has 1 aliphatic carbocycles. The fourth-order valence-electron chi connectivity index (χ4n) is 12.6. The fourth-order valence-corrected chi connectivity index (χ4v) is 12.6. The van der Waals surface area contributed by atoms with Gasteiger partial charge >= 0.3 is 0 Å². The van der Waals surface area contributed by atoms with Crippen molar-refractivity contribution in [2.75, 3.05) is 9.80 Å². The predicted octanol–water partition coefficient (Wildman–Crippen LogP) is 18.8. The number of benzene rings is 12. The molecule has 12 aromatic carbocycles. The van der Waals surface area contributed by atoms with Gasteiger partial charge in [-0.05, 0) is 117 Å². The molecule has 2 aromatic heterocycles. The first-order chi connectivity index (χ1) is 38.1. The van der Waals surface area contributed by atoms with E-state index in [1.54, 1.807) is 0 Å². The lowest BCUT2D eigenvalue weighted by atomic mass is 9.67. The van der Waals surface area contributed by atoms with Crippen LogP contribution in [0.1, 0.15) is 33.4 Å². The van der Waals surface area contributed by atoms with Crippen LogP contribution in [-0.4, -0.2) is 0 Å². The van der Waals surface area contributed by atoms with Gasteiger partial charge < -0.3 is 18.6 Å². The van der Waals surface area contributed by atoms with Crippen molar-refractivity contribution in [3.8, 4) is 23.3 Å². The molecule has 0 radical (unpaired) electrons. The average Bonchev–Trinajstić information content (AvgIpc) is 4.04. The van der Waals surface area contributed by atoms with Crippen LogP contribution in [0, 0.1) is 22.7 Å². The molecule has 0 saturated carbocycles. The summed E-state index contributed by atoms with van der Waals surface area (Å²) in [4.78, 5) is 4.58. The third kappa shape index (κ3) is 6.47. The molecule has 2 heterocycles. The second-order valence-corrected chi connectivity index (χ2v) is 19.7. The van der Waals surface area contributed by atoms with E-state index in [2.05, 4.69) is 204 Å². The van der Waals surface area contributed by atoms with Crippen molar-refractivity contribution >= 4 is 99.5 Å². The van der Waals surface area contributed by atoms with E-state index in [1.165, 1.54) is 0 Å². The van der Waals surface area contributed by atoms with Crippen LogP contribution >= 0.6 is 0 Å². The largest absolute Gasteiger partial charge is 0.454 e. The third-order valence-corrected chi connectivity index (χ3v) is 15.7. The van der Waals surface area contributed by atoms with E-state index in [1.807, 2.05) is 72.8 Å². The molecule has 0 N–H and O–H groups in total. The summed E-state index contributed by atoms with van der Waals surface area (Å²) in [7, 11) is 0. The van der Waals surface area contributed by atoms with Crippen LogP contribution in [0.15, 0.2) is 264 Å². The van der Waals surface area contributed by atoms with Gasteiger partial charge in [0.25, 0.3) is 0 Å². The molecule has 15 rings (SSSR count). The molecule has 77 heavy (non-hydrogen) atoms. The molecular formula is C71H42N4O2. The first kappa shape index (κ1) is 43.9. The highest BCUT2D eigenvalue weighted by Crippen LogP contribution is 2.63. The number of hydrogen-bond donors (Lipinski definition) is 0. The van der Waals surface area contributed by atoms with Gasteiger partial charge in [-0.2, -0.15) is 10.5 Å². The Morgan fingerprint density at radius 1 is 0.312 bits per heavy atom. The summed E-state index contributed by atoms with van der Waals surface area (Å²) in [6, 6.07) is 93.8. The first-order valence-corrected chi connectivity index (χ1v) is 25.8. The zero-order valence-corrected chi connectivity index (χ0v) is 41.4. The van der Waals surface area contributed by atoms with Gasteiger partial charge in [-0.15, -0.1) is 0 Å². The Labute approximate surface area is 443 Å². The lowest BCUT2D eigenvalue weighted by Gasteiger charge is -2.36. The quantitative estimate of drug-likeness (QED) is 0.151. The lowest BCUT2D eigenvalue weighted by molar-refractivity contribution is 0.669. The Morgan fingerprint density at radius 2 is 0.675 bits per heavy atom. The predicted molar refractivity (Wildman–Crippen MR) is 312 cm³/mol. The molecular weight excluding hydrogens is 941 g/mol. The molecule has 358 valence electrons. The van der Waals surface area contributed by atoms with E-state index >= 15 is 0 Å². The summed E-state index contributed by atoms with van der Waals surface area (Å²) in [5.74, 6) is 0. The van der Waals surface area contributed by atoms with Crippen LogP contribution in [0.2, 0.25) is 0 Å². The van der Waals surface area contributed by atoms with Gasteiger partial charge in [0.15, 0.2) is 11.2 Å². The topological polar surface area (TPSA) is 80.3 Å². The number of nitriles is 2. The normalized spacial score (nSPS) is 12.5. The number of fused-ring (bicyclic) bond motifs is 13. The molecule has 0 atom stereocenters. The van der Waals surface area contributed by atoms with E-state index < -0.39 is 5.41 Å². The second-order valence-electron chi connectivity index (χ2n) is 19.7. The highest BCUT2D eigenvalue weighted by Gasteiger charge is 2.49. The van der Waals surface area contributed by atoms with Gasteiger partial charge in [-0.1, -0.05) is 182 Å². The van der Waals surface area contributed by atoms with Crippen LogP contribution < -0.4 is 9.80 Å². The SMILES string of the molecule is N#Cc1cccc(N(c2cc3c(c4ccccc24)-c2c(cc(N(c4cccc(C#N)c4)c4cccc5c4oc4ccccc45)c4ccccc24)C3(c2ccccc2)c2ccccc2)c2cccc3c2oc2ccccc23)c1. The summed E-state index contributed by atoms with van der Waals surface area (Å²) in [6.07, 6.45) is 0. The van der Waals surface area contributed by atoms with Crippen molar-refractivity contribution in [3.63, 3.8) is 0 Å². The number of nitrogens with zero attached hydrogens (tertiary/aromatic N) is 4. The smallest absolute Gasteiger partial charge is 0.159 e. The van der Waals surface area contributed by atoms with Crippen molar-refractivity contribution in [2.24, 2.45) is 0 Å². The van der Waals surface area contributed by atoms with Crippen molar-refractivity contribution in [1.29, 1.82) is 10.5 Å². The molecule has 0 fully saturated rings. The Morgan fingerprint density at radius 3 is 1.10 bits per heavy atom. The van der Waals surface area contributed by atoms with Crippen molar-refractivity contribution in [3.05, 3.63) is 288 Å². The molecule has 1 aliphatic rings. The molecule has 0 aliphatic heterocycles. The van der Waals surface area contributed by atoms with Crippen LogP contribution in [0.4, 0.5) is 34.1 Å². The molecule has 0 amide bonds. The monoisotopic (exact) mass is 982 g/mol. The summed E-state index contributed by atoms with van der Waals surface area (Å²) in [6.45, 7) is 0. The summed E-state index contributed by atoms with van der Waals surface area (Å²) in [5.41, 5.74) is 15.2. The number of anilines is 6. The minimum Gasteiger partial charge on any atom is -0.454 e. The highest BCUT2D eigenvalue weighted by atomic mass is 16.3. The minimum absolute atomic E-state index is 0.548. The van der Waals surface area contributed by atoms with Gasteiger partial charge in [0.1, 0.15) is 11.2 Å². The minimum atomic E-state index is -0.915. The van der Waals surface area contributed by atoms with Gasteiger partial charge in [0.05, 0.1) is 51.4 Å². The third-order valence-electron chi connectivity index (χ3n) is 15.7. The van der Waals surface area contributed by atoms with E-state index in [-0.39, 0.29) is 0 Å². The molecule has 0 saturated heterocycles. The molecule has 0 unspecified atom stereocenters. The fraction of sp³-hybridized carbons (Fsp3) is 0.0141. The standard InChI is InChI=1S/C71H42N4O2/c72-43-45-19-15-25-49(39-45)74(61-35-17-33-57-53-29-11-13-37-65(53)76-69(57)61)63-41-59-67(55-31-9-7-27-51(55)63)68-56-32-10-8-28-52(56)64(42-60(68)71(59,47-21-3-1-4-22-47)48-23-5-2-6-24-48)75(50-26-16-20-46(40-50)44-73)62-36-18-34-58-54-30-12-14-38-66(54)77-70(58)62/h1-42H.